The molecule has 0 amide bonds. The normalized spacial score (nSPS) is 15.7. The fraction of sp³-hybridized carbons (Fsp3) is 0.273. The van der Waals surface area contributed by atoms with E-state index in [2.05, 4.69) is 5.32 Å². The second-order valence-corrected chi connectivity index (χ2v) is 7.87. The van der Waals surface area contributed by atoms with Crippen LogP contribution in [0.1, 0.15) is 51.4 Å². The highest BCUT2D eigenvalue weighted by Crippen LogP contribution is 2.44. The van der Waals surface area contributed by atoms with Crippen LogP contribution in [0.3, 0.4) is 0 Å². The Labute approximate surface area is 165 Å². The second kappa shape index (κ2) is 6.15. The third-order valence-corrected chi connectivity index (χ3v) is 6.02. The van der Waals surface area contributed by atoms with E-state index in [1.54, 1.807) is 6.92 Å². The molecule has 0 radical (unpaired) electrons. The fourth-order valence-corrected chi connectivity index (χ4v) is 4.41. The Kier molecular flexibility index (Phi) is 3.79. The first-order valence-electron chi connectivity index (χ1n) is 9.62. The van der Waals surface area contributed by atoms with Crippen LogP contribution in [0.15, 0.2) is 29.1 Å². The van der Waals surface area contributed by atoms with Gasteiger partial charge < -0.3 is 16.2 Å². The van der Waals surface area contributed by atoms with Crippen LogP contribution in [-0.2, 0) is 13.1 Å². The topological polar surface area (TPSA) is 96.8 Å². The van der Waals surface area contributed by atoms with E-state index < -0.39 is 17.3 Å². The molecule has 1 aliphatic carbocycles. The molecule has 0 atom stereocenters. The van der Waals surface area contributed by atoms with Gasteiger partial charge in [0.25, 0.3) is 5.56 Å². The second-order valence-electron chi connectivity index (χ2n) is 7.87. The van der Waals surface area contributed by atoms with Gasteiger partial charge in [0, 0.05) is 18.7 Å². The summed E-state index contributed by atoms with van der Waals surface area (Å²) in [5.41, 5.74) is 10.1. The molecule has 3 aromatic rings. The van der Waals surface area contributed by atoms with Gasteiger partial charge >= 0.3 is 5.97 Å². The first-order valence-corrected chi connectivity index (χ1v) is 9.62. The van der Waals surface area contributed by atoms with Crippen LogP contribution in [0.5, 0.6) is 0 Å². The number of nitrogens with one attached hydrogen (secondary N) is 1. The third-order valence-electron chi connectivity index (χ3n) is 6.02. The molecule has 1 aromatic carbocycles. The van der Waals surface area contributed by atoms with Crippen molar-refractivity contribution < 1.29 is 14.3 Å². The van der Waals surface area contributed by atoms with Gasteiger partial charge in [0.05, 0.1) is 5.52 Å². The number of carboxylic acids is 1. The van der Waals surface area contributed by atoms with Crippen molar-refractivity contribution in [2.75, 3.05) is 5.73 Å². The van der Waals surface area contributed by atoms with E-state index >= 15 is 4.39 Å². The molecule has 1 fully saturated rings. The number of halogens is 1. The van der Waals surface area contributed by atoms with Gasteiger partial charge in [0.2, 0.25) is 0 Å². The molecule has 1 aliphatic heterocycles. The monoisotopic (exact) mass is 393 g/mol. The highest BCUT2D eigenvalue weighted by atomic mass is 19.1. The van der Waals surface area contributed by atoms with Crippen LogP contribution in [0.2, 0.25) is 0 Å². The Balaban J connectivity index is 1.88. The molecule has 2 aliphatic rings. The Hall–Kier alpha value is -3.19. The van der Waals surface area contributed by atoms with E-state index in [1.807, 2.05) is 18.2 Å². The lowest BCUT2D eigenvalue weighted by atomic mass is 9.94. The number of aromatic nitrogens is 1. The predicted molar refractivity (Wildman–Crippen MR) is 108 cm³/mol. The molecule has 2 aromatic heterocycles. The van der Waals surface area contributed by atoms with Gasteiger partial charge in [0.15, 0.2) is 5.82 Å². The predicted octanol–water partition coefficient (Wildman–Crippen LogP) is 3.18. The first-order chi connectivity index (χ1) is 13.9. The van der Waals surface area contributed by atoms with E-state index in [4.69, 9.17) is 5.73 Å². The molecule has 148 valence electrons. The van der Waals surface area contributed by atoms with Crippen LogP contribution in [-0.4, -0.2) is 15.5 Å². The minimum atomic E-state index is -1.33. The number of pyridine rings is 2. The molecule has 0 saturated heterocycles. The fourth-order valence-electron chi connectivity index (χ4n) is 4.41. The Morgan fingerprint density at radius 1 is 1.24 bits per heavy atom. The summed E-state index contributed by atoms with van der Waals surface area (Å²) in [5, 5.41) is 12.7. The number of hydrogen-bond acceptors (Lipinski definition) is 4. The van der Waals surface area contributed by atoms with Crippen molar-refractivity contribution in [1.82, 2.24) is 9.72 Å². The summed E-state index contributed by atoms with van der Waals surface area (Å²) in [6.45, 7) is 3.28. The van der Waals surface area contributed by atoms with E-state index in [9.17, 15) is 14.7 Å². The molecular weight excluding hydrogens is 373 g/mol. The van der Waals surface area contributed by atoms with Gasteiger partial charge in [-0.2, -0.15) is 0 Å². The number of rotatable bonds is 3. The Morgan fingerprint density at radius 2 is 1.97 bits per heavy atom. The van der Waals surface area contributed by atoms with Crippen molar-refractivity contribution >= 4 is 17.3 Å². The van der Waals surface area contributed by atoms with Gasteiger partial charge in [-0.15, -0.1) is 0 Å². The summed E-state index contributed by atoms with van der Waals surface area (Å²) in [6.07, 6.45) is 1.81. The number of nitrogens with two attached hydrogens (primary N) is 1. The highest BCUT2D eigenvalue weighted by molar-refractivity contribution is 5.90. The van der Waals surface area contributed by atoms with Crippen LogP contribution in [0.25, 0.3) is 16.6 Å². The molecular formula is C22H20FN3O3. The van der Waals surface area contributed by atoms with Crippen molar-refractivity contribution in [2.24, 2.45) is 0 Å². The maximum atomic E-state index is 15.4. The summed E-state index contributed by atoms with van der Waals surface area (Å²) < 4.78 is 16.5. The molecule has 0 spiro atoms. The van der Waals surface area contributed by atoms with Crippen LogP contribution in [0, 0.1) is 12.7 Å². The summed E-state index contributed by atoms with van der Waals surface area (Å²) in [4.78, 5) is 24.4. The number of carboxylic acid groups (broad SMARTS) is 1. The van der Waals surface area contributed by atoms with E-state index in [-0.39, 0.29) is 17.3 Å². The number of hydrogen-bond donors (Lipinski definition) is 3. The smallest absolute Gasteiger partial charge is 0.341 e. The average Bonchev–Trinajstić information content (AvgIpc) is 3.42. The maximum Gasteiger partial charge on any atom is 0.341 e. The van der Waals surface area contributed by atoms with Gasteiger partial charge in [-0.1, -0.05) is 12.1 Å². The molecule has 4 N–H and O–H groups in total. The number of nitrogen functional groups attached to an aromatic ring is 1. The van der Waals surface area contributed by atoms with E-state index in [0.717, 1.165) is 41.5 Å². The third kappa shape index (κ3) is 2.57. The summed E-state index contributed by atoms with van der Waals surface area (Å²) in [5.74, 6) is -2.23. The van der Waals surface area contributed by atoms with Crippen molar-refractivity contribution in [3.63, 3.8) is 0 Å². The number of carbonyl (C=O) groups is 1. The number of benzene rings is 1. The number of anilines is 1. The minimum absolute atomic E-state index is 0.157. The van der Waals surface area contributed by atoms with Gasteiger partial charge in [-0.25, -0.2) is 9.18 Å². The molecule has 6 nitrogen and oxygen atoms in total. The number of aryl methyl sites for hydroxylation is 1. The summed E-state index contributed by atoms with van der Waals surface area (Å²) in [6, 6.07) is 7.24. The molecule has 5 rings (SSSR count). The largest absolute Gasteiger partial charge is 0.477 e. The summed E-state index contributed by atoms with van der Waals surface area (Å²) in [7, 11) is 0. The molecule has 1 saturated carbocycles. The molecule has 29 heavy (non-hydrogen) atoms. The van der Waals surface area contributed by atoms with Crippen molar-refractivity contribution in [3.8, 4) is 11.1 Å². The van der Waals surface area contributed by atoms with Crippen molar-refractivity contribution in [1.29, 1.82) is 0 Å². The molecule has 0 unspecified atom stereocenters. The first kappa shape index (κ1) is 17.9. The van der Waals surface area contributed by atoms with Gasteiger partial charge in [-0.05, 0) is 65.6 Å². The van der Waals surface area contributed by atoms with Crippen molar-refractivity contribution in [2.45, 2.75) is 38.8 Å². The van der Waals surface area contributed by atoms with Crippen LogP contribution >= 0.6 is 0 Å². The Bertz CT molecular complexity index is 1280. The zero-order valence-corrected chi connectivity index (χ0v) is 15.9. The zero-order valence-electron chi connectivity index (χ0n) is 15.9. The van der Waals surface area contributed by atoms with Gasteiger partial charge in [-0.3, -0.25) is 9.20 Å². The molecule has 7 heteroatoms. The van der Waals surface area contributed by atoms with Crippen LogP contribution < -0.4 is 16.6 Å². The SMILES string of the molecule is Cc1c(-c2ccc3c(c2)CNC3)c(F)c(N)n2c(=O)c(C(=O)O)cc(C3CC3)c12. The maximum absolute atomic E-state index is 15.4. The zero-order chi connectivity index (χ0) is 20.4. The minimum Gasteiger partial charge on any atom is -0.477 e. The van der Waals surface area contributed by atoms with E-state index in [1.165, 1.54) is 11.6 Å². The van der Waals surface area contributed by atoms with Crippen LogP contribution in [0.4, 0.5) is 10.2 Å². The number of aromatic carboxylic acids is 1. The van der Waals surface area contributed by atoms with Crippen molar-refractivity contribution in [3.05, 3.63) is 68.3 Å². The average molecular weight is 393 g/mol. The lowest BCUT2D eigenvalue weighted by Crippen LogP contribution is -2.26. The summed E-state index contributed by atoms with van der Waals surface area (Å²) >= 11 is 0. The lowest BCUT2D eigenvalue weighted by Gasteiger charge is -2.19. The number of nitrogens with zero attached hydrogens (tertiary/aromatic N) is 1. The molecule has 0 bridgehead atoms. The Morgan fingerprint density at radius 3 is 2.66 bits per heavy atom. The standard InChI is InChI=1S/C22H20FN3O3/c1-10-17(12-4-5-13-8-25-9-14(13)6-12)18(23)20(24)26-19(10)15(11-2-3-11)7-16(21(26)27)22(28)29/h4-7,11,25H,2-3,8-9,24H2,1H3,(H,28,29). The quantitative estimate of drug-likeness (QED) is 0.635. The van der Waals surface area contributed by atoms with E-state index in [0.29, 0.717) is 22.2 Å². The number of fused-ring (bicyclic) bond motifs is 2. The van der Waals surface area contributed by atoms with Gasteiger partial charge in [0.1, 0.15) is 11.4 Å². The highest BCUT2D eigenvalue weighted by Gasteiger charge is 2.31. The molecule has 3 heterocycles. The lowest BCUT2D eigenvalue weighted by molar-refractivity contribution is 0.0694.